The van der Waals surface area contributed by atoms with Crippen molar-refractivity contribution >= 4 is 8.07 Å². The molecule has 2 aliphatic heterocycles. The molecule has 0 aliphatic carbocycles. The minimum Gasteiger partial charge on any atom is -0.394 e. The van der Waals surface area contributed by atoms with E-state index in [0.29, 0.717) is 6.42 Å². The highest BCUT2D eigenvalue weighted by atomic mass is 28.3. The molecule has 0 aromatic carbocycles. The average Bonchev–Trinajstić information content (AvgIpc) is 2.78. The van der Waals surface area contributed by atoms with Crippen LogP contribution >= 0.6 is 0 Å². The zero-order valence-electron chi connectivity index (χ0n) is 21.5. The van der Waals surface area contributed by atoms with Crippen LogP contribution in [0.4, 0.5) is 0 Å². The Labute approximate surface area is 209 Å². The van der Waals surface area contributed by atoms with Crippen molar-refractivity contribution in [3.8, 4) is 0 Å². The average molecular weight is 528 g/mol. The molecule has 210 valence electrons. The van der Waals surface area contributed by atoms with E-state index in [-0.39, 0.29) is 7.43 Å². The molecule has 8 N–H and O–H groups in total. The number of rotatable bonds is 7. The van der Waals surface area contributed by atoms with Crippen LogP contribution in [0.3, 0.4) is 0 Å². The molecule has 11 nitrogen and oxygen atoms in total. The number of methoxy groups -OCH3 is 1. The van der Waals surface area contributed by atoms with Crippen LogP contribution < -0.4 is 0 Å². The molecular formula is C23H47O11Si-. The molecule has 12 heteroatoms. The van der Waals surface area contributed by atoms with Crippen molar-refractivity contribution in [1.29, 1.82) is 0 Å². The number of hydrogen-bond acceptors (Lipinski definition) is 11. The quantitative estimate of drug-likeness (QED) is 0.113. The zero-order valence-corrected chi connectivity index (χ0v) is 22.5. The van der Waals surface area contributed by atoms with E-state index in [2.05, 4.69) is 32.8 Å². The number of hydrogen-bond donors (Lipinski definition) is 8. The molecule has 2 aliphatic rings. The van der Waals surface area contributed by atoms with E-state index in [1.165, 1.54) is 13.2 Å². The lowest BCUT2D eigenvalue weighted by molar-refractivity contribution is -0.294. The molecule has 10 atom stereocenters. The predicted octanol–water partition coefficient (Wildman–Crippen LogP) is -1.20. The molecule has 0 radical (unpaired) electrons. The normalized spacial score (nSPS) is 36.9. The van der Waals surface area contributed by atoms with E-state index in [1.54, 1.807) is 6.08 Å². The van der Waals surface area contributed by atoms with Gasteiger partial charge in [0.25, 0.3) is 0 Å². The van der Waals surface area contributed by atoms with Gasteiger partial charge in [-0.3, -0.25) is 0 Å². The van der Waals surface area contributed by atoms with Crippen molar-refractivity contribution < 1.29 is 55.1 Å². The van der Waals surface area contributed by atoms with Crippen molar-refractivity contribution in [3.05, 3.63) is 32.7 Å². The van der Waals surface area contributed by atoms with Crippen LogP contribution in [0.15, 0.2) is 25.3 Å². The second kappa shape index (κ2) is 17.7. The van der Waals surface area contributed by atoms with E-state index >= 15 is 0 Å². The maximum Gasteiger partial charge on any atom is 0.186 e. The number of ether oxygens (including phenoxy) is 3. The standard InChI is InChI=1S/C9H16O5.C7H14O6.C6H14Si.CH3/c1-2-3-5-7(11)9(13)8(12)6(4-10)14-5;1-12-7-6(11)5(10)4(9)3(2-8)13-7;1-5-6-7(2,3)4;/h2,5-13H,1,3-4H2;3-11H,2H2,1H3;5H,1,6H2,2-4H3;1H3/q;;;-1/t5-,6-,7+,8-,9-;3-,4-,5+,6-,7+;;/m11../s1. The van der Waals surface area contributed by atoms with Crippen LogP contribution in [-0.4, -0.2) is 130 Å². The van der Waals surface area contributed by atoms with Crippen molar-refractivity contribution in [2.75, 3.05) is 20.3 Å². The van der Waals surface area contributed by atoms with Gasteiger partial charge in [0.05, 0.1) is 19.3 Å². The van der Waals surface area contributed by atoms with Gasteiger partial charge in [-0.2, -0.15) is 0 Å². The Bertz CT molecular complexity index is 552. The van der Waals surface area contributed by atoms with Crippen LogP contribution in [0, 0.1) is 7.43 Å². The third kappa shape index (κ3) is 11.9. The molecule has 2 rings (SSSR count). The molecule has 0 unspecified atom stereocenters. The van der Waals surface area contributed by atoms with Gasteiger partial charge in [-0.15, -0.1) is 13.2 Å². The summed E-state index contributed by atoms with van der Waals surface area (Å²) in [4.78, 5) is 0. The fourth-order valence-corrected chi connectivity index (χ4v) is 4.10. The molecule has 0 bridgehead atoms. The Hall–Kier alpha value is -0.743. The first kappa shape index (κ1) is 36.4. The fourth-order valence-electron chi connectivity index (χ4n) is 3.23. The molecule has 2 saturated heterocycles. The van der Waals surface area contributed by atoms with E-state index in [9.17, 15) is 30.6 Å². The van der Waals surface area contributed by atoms with Crippen LogP contribution in [0.1, 0.15) is 6.42 Å². The number of allylic oxidation sites excluding steroid dienone is 1. The van der Waals surface area contributed by atoms with Crippen LogP contribution in [0.25, 0.3) is 0 Å². The van der Waals surface area contributed by atoms with Gasteiger partial charge in [0, 0.05) is 15.2 Å². The van der Waals surface area contributed by atoms with Gasteiger partial charge in [-0.05, 0) is 12.5 Å². The summed E-state index contributed by atoms with van der Waals surface area (Å²) < 4.78 is 14.8. The molecule has 0 saturated carbocycles. The van der Waals surface area contributed by atoms with E-state index in [0.717, 1.165) is 0 Å². The third-order valence-corrected chi connectivity index (χ3v) is 6.74. The van der Waals surface area contributed by atoms with Crippen molar-refractivity contribution in [1.82, 2.24) is 0 Å². The highest BCUT2D eigenvalue weighted by Gasteiger charge is 2.44. The van der Waals surface area contributed by atoms with Crippen molar-refractivity contribution in [2.45, 2.75) is 93.3 Å². The SMILES string of the molecule is C=CC[C@H]1O[C@H](CO)[C@@H](O)[C@H](O)[C@H]1O.C=CC[Si](C)(C)C.CO[C@H]1O[C@H](CO)[C@@H](O)[C@H](O)[C@H]1O.[CH3-]. The Balaban J connectivity index is 0. The lowest BCUT2D eigenvalue weighted by Gasteiger charge is -2.39. The highest BCUT2D eigenvalue weighted by molar-refractivity contribution is 6.76. The lowest BCUT2D eigenvalue weighted by Crippen LogP contribution is -2.58. The first-order chi connectivity index (χ1) is 15.8. The maximum absolute atomic E-state index is 9.49. The molecule has 0 aromatic rings. The zero-order chi connectivity index (χ0) is 26.6. The second-order valence-electron chi connectivity index (χ2n) is 9.38. The third-order valence-electron chi connectivity index (χ3n) is 5.23. The Kier molecular flexibility index (Phi) is 18.4. The molecule has 2 heterocycles. The highest BCUT2D eigenvalue weighted by Crippen LogP contribution is 2.23. The summed E-state index contributed by atoms with van der Waals surface area (Å²) in [6, 6.07) is 1.24. The molecule has 0 aromatic heterocycles. The predicted molar refractivity (Wildman–Crippen MR) is 134 cm³/mol. The minimum atomic E-state index is -1.36. The summed E-state index contributed by atoms with van der Waals surface area (Å²) in [5.41, 5.74) is 0. The second-order valence-corrected chi connectivity index (χ2v) is 14.9. The molecule has 2 fully saturated rings. The number of aliphatic hydroxyl groups excluding tert-OH is 8. The first-order valence-corrected chi connectivity index (χ1v) is 14.9. The lowest BCUT2D eigenvalue weighted by atomic mass is 9.94. The summed E-state index contributed by atoms with van der Waals surface area (Å²) in [5.74, 6) is 0. The summed E-state index contributed by atoms with van der Waals surface area (Å²) in [6.45, 7) is 13.4. The van der Waals surface area contributed by atoms with Crippen molar-refractivity contribution in [2.24, 2.45) is 0 Å². The summed E-state index contributed by atoms with van der Waals surface area (Å²) in [7, 11) is 0.523. The first-order valence-electron chi connectivity index (χ1n) is 11.1. The summed E-state index contributed by atoms with van der Waals surface area (Å²) in [6.07, 6.45) is -7.14. The topological polar surface area (TPSA) is 190 Å². The monoisotopic (exact) mass is 527 g/mol. The Morgan fingerprint density at radius 3 is 1.49 bits per heavy atom. The van der Waals surface area contributed by atoms with Gasteiger partial charge in [-0.1, -0.05) is 31.8 Å². The van der Waals surface area contributed by atoms with Gasteiger partial charge in [0.2, 0.25) is 0 Å². The Morgan fingerprint density at radius 2 is 1.14 bits per heavy atom. The maximum atomic E-state index is 9.49. The molecule has 0 amide bonds. The Morgan fingerprint density at radius 1 is 0.714 bits per heavy atom. The fraction of sp³-hybridized carbons (Fsp3) is 0.783. The van der Waals surface area contributed by atoms with Crippen molar-refractivity contribution in [3.63, 3.8) is 0 Å². The molecular weight excluding hydrogens is 480 g/mol. The van der Waals surface area contributed by atoms with Gasteiger partial charge in [0.1, 0.15) is 48.8 Å². The smallest absolute Gasteiger partial charge is 0.186 e. The molecule has 35 heavy (non-hydrogen) atoms. The molecule has 0 spiro atoms. The van der Waals surface area contributed by atoms with Gasteiger partial charge in [0.15, 0.2) is 6.29 Å². The van der Waals surface area contributed by atoms with Gasteiger partial charge in [-0.25, -0.2) is 0 Å². The van der Waals surface area contributed by atoms with Gasteiger partial charge < -0.3 is 62.5 Å². The van der Waals surface area contributed by atoms with E-state index in [1.807, 2.05) is 6.08 Å². The van der Waals surface area contributed by atoms with E-state index in [4.69, 9.17) is 24.4 Å². The van der Waals surface area contributed by atoms with Crippen LogP contribution in [-0.2, 0) is 14.2 Å². The summed E-state index contributed by atoms with van der Waals surface area (Å²) in [5, 5.41) is 73.7. The van der Waals surface area contributed by atoms with Gasteiger partial charge >= 0.3 is 0 Å². The number of aliphatic hydroxyl groups is 8. The largest absolute Gasteiger partial charge is 0.394 e. The summed E-state index contributed by atoms with van der Waals surface area (Å²) >= 11 is 0. The van der Waals surface area contributed by atoms with Crippen LogP contribution in [0.5, 0.6) is 0 Å². The minimum absolute atomic E-state index is 0. The van der Waals surface area contributed by atoms with E-state index < -0.39 is 82.5 Å². The van der Waals surface area contributed by atoms with Crippen LogP contribution in [0.2, 0.25) is 25.7 Å².